The van der Waals surface area contributed by atoms with Crippen molar-refractivity contribution in [2.45, 2.75) is 13.2 Å². The number of rotatable bonds is 1. The summed E-state index contributed by atoms with van der Waals surface area (Å²) in [4.78, 5) is 0. The molecule has 0 aliphatic carbocycles. The molecule has 0 bridgehead atoms. The van der Waals surface area contributed by atoms with Crippen LogP contribution in [0.25, 0.3) is 5.69 Å². The van der Waals surface area contributed by atoms with Crippen molar-refractivity contribution in [3.8, 4) is 5.69 Å². The van der Waals surface area contributed by atoms with Crippen molar-refractivity contribution in [3.05, 3.63) is 41.7 Å². The van der Waals surface area contributed by atoms with Crippen LogP contribution >= 0.6 is 0 Å². The molecule has 2 aromatic rings. The second-order valence-electron chi connectivity index (χ2n) is 3.61. The number of aromatic nitrogens is 2. The highest BCUT2D eigenvalue weighted by molar-refractivity contribution is 5.45. The Hall–Kier alpha value is -1.81. The second-order valence-corrected chi connectivity index (χ2v) is 3.61. The fourth-order valence-electron chi connectivity index (χ4n) is 1.78. The van der Waals surface area contributed by atoms with E-state index < -0.39 is 0 Å². The molecule has 3 rings (SSSR count). The molecule has 15 heavy (non-hydrogen) atoms. The zero-order chi connectivity index (χ0) is 10.3. The third-order valence-electron chi connectivity index (χ3n) is 2.59. The predicted molar refractivity (Wildman–Crippen MR) is 56.5 cm³/mol. The van der Waals surface area contributed by atoms with E-state index in [9.17, 15) is 0 Å². The molecule has 0 unspecified atom stereocenters. The molecule has 76 valence electrons. The van der Waals surface area contributed by atoms with Gasteiger partial charge in [0.2, 0.25) is 0 Å². The Morgan fingerprint density at radius 2 is 2.00 bits per heavy atom. The molecular weight excluding hydrogens is 190 g/mol. The molecule has 1 aromatic carbocycles. The van der Waals surface area contributed by atoms with Gasteiger partial charge in [-0.05, 0) is 24.3 Å². The van der Waals surface area contributed by atoms with E-state index in [2.05, 4.69) is 5.10 Å². The van der Waals surface area contributed by atoms with Crippen LogP contribution in [0.5, 0.6) is 0 Å². The summed E-state index contributed by atoms with van der Waals surface area (Å²) in [6, 6.07) is 7.67. The number of hydrogen-bond donors (Lipinski definition) is 1. The largest absolute Gasteiger partial charge is 0.399 e. The zero-order valence-corrected chi connectivity index (χ0v) is 8.18. The Kier molecular flexibility index (Phi) is 1.76. The molecule has 2 N–H and O–H groups in total. The number of nitrogen functional groups attached to an aromatic ring is 1. The van der Waals surface area contributed by atoms with Gasteiger partial charge in [0.15, 0.2) is 0 Å². The topological polar surface area (TPSA) is 53.1 Å². The Bertz CT molecular complexity index is 487. The van der Waals surface area contributed by atoms with Gasteiger partial charge in [-0.15, -0.1) is 0 Å². The van der Waals surface area contributed by atoms with Gasteiger partial charge < -0.3 is 10.5 Å². The van der Waals surface area contributed by atoms with Crippen molar-refractivity contribution in [2.75, 3.05) is 5.73 Å². The summed E-state index contributed by atoms with van der Waals surface area (Å²) >= 11 is 0. The number of nitrogens with two attached hydrogens (primary N) is 1. The van der Waals surface area contributed by atoms with Crippen LogP contribution in [-0.2, 0) is 18.0 Å². The molecule has 0 saturated carbocycles. The molecule has 1 aliphatic rings. The first kappa shape index (κ1) is 8.49. The molecule has 1 aromatic heterocycles. The number of benzene rings is 1. The summed E-state index contributed by atoms with van der Waals surface area (Å²) in [5.74, 6) is 0. The van der Waals surface area contributed by atoms with Crippen molar-refractivity contribution in [1.29, 1.82) is 0 Å². The molecule has 2 heterocycles. The number of ether oxygens (including phenoxy) is 1. The second kappa shape index (κ2) is 3.10. The first-order valence-corrected chi connectivity index (χ1v) is 4.84. The highest BCUT2D eigenvalue weighted by Crippen LogP contribution is 2.22. The van der Waals surface area contributed by atoms with Gasteiger partial charge in [0.1, 0.15) is 0 Å². The highest BCUT2D eigenvalue weighted by atomic mass is 16.5. The van der Waals surface area contributed by atoms with Crippen LogP contribution in [0.15, 0.2) is 30.5 Å². The van der Waals surface area contributed by atoms with Gasteiger partial charge in [-0.3, -0.25) is 0 Å². The van der Waals surface area contributed by atoms with Gasteiger partial charge in [-0.1, -0.05) is 0 Å². The maximum Gasteiger partial charge on any atom is 0.0897 e. The van der Waals surface area contributed by atoms with E-state index in [0.717, 1.165) is 17.1 Å². The van der Waals surface area contributed by atoms with Crippen LogP contribution in [0, 0.1) is 0 Å². The van der Waals surface area contributed by atoms with Crippen LogP contribution in [-0.4, -0.2) is 9.78 Å². The lowest BCUT2D eigenvalue weighted by atomic mass is 10.2. The lowest BCUT2D eigenvalue weighted by Gasteiger charge is -2.04. The summed E-state index contributed by atoms with van der Waals surface area (Å²) in [6.45, 7) is 1.31. The average Bonchev–Trinajstić information content (AvgIpc) is 2.80. The Morgan fingerprint density at radius 1 is 1.20 bits per heavy atom. The lowest BCUT2D eigenvalue weighted by Crippen LogP contribution is -2.01. The number of nitrogens with zero attached hydrogens (tertiary/aromatic N) is 2. The molecule has 0 spiro atoms. The minimum atomic E-state index is 0.639. The maximum absolute atomic E-state index is 5.64. The Labute approximate surface area is 87.3 Å². The van der Waals surface area contributed by atoms with E-state index in [1.54, 1.807) is 0 Å². The fourth-order valence-corrected chi connectivity index (χ4v) is 1.78. The number of fused-ring (bicyclic) bond motifs is 1. The fraction of sp³-hybridized carbons (Fsp3) is 0.182. The molecule has 0 fully saturated rings. The summed E-state index contributed by atoms with van der Waals surface area (Å²) < 4.78 is 7.26. The highest BCUT2D eigenvalue weighted by Gasteiger charge is 2.17. The minimum Gasteiger partial charge on any atom is -0.399 e. The molecule has 0 radical (unpaired) electrons. The minimum absolute atomic E-state index is 0.639. The molecule has 0 atom stereocenters. The van der Waals surface area contributed by atoms with Crippen LogP contribution in [0.2, 0.25) is 0 Å². The zero-order valence-electron chi connectivity index (χ0n) is 8.18. The van der Waals surface area contributed by atoms with Gasteiger partial charge in [-0.25, -0.2) is 4.68 Å². The summed E-state index contributed by atoms with van der Waals surface area (Å²) in [6.07, 6.45) is 1.86. The average molecular weight is 201 g/mol. The monoisotopic (exact) mass is 201 g/mol. The molecule has 4 nitrogen and oxygen atoms in total. The molecule has 1 aliphatic heterocycles. The first-order valence-electron chi connectivity index (χ1n) is 4.84. The van der Waals surface area contributed by atoms with Crippen LogP contribution in [0.3, 0.4) is 0 Å². The standard InChI is InChI=1S/C11H11N3O/c12-9-1-3-10(4-2-9)14-11-7-15-6-8(11)5-13-14/h1-5H,6-7,12H2. The van der Waals surface area contributed by atoms with Crippen molar-refractivity contribution < 1.29 is 4.74 Å². The van der Waals surface area contributed by atoms with Crippen molar-refractivity contribution in [3.63, 3.8) is 0 Å². The van der Waals surface area contributed by atoms with E-state index in [1.165, 1.54) is 5.56 Å². The maximum atomic E-state index is 5.64. The normalized spacial score (nSPS) is 14.1. The molecule has 4 heteroatoms. The van der Waals surface area contributed by atoms with E-state index in [-0.39, 0.29) is 0 Å². The summed E-state index contributed by atoms with van der Waals surface area (Å²) in [5, 5.41) is 4.33. The Balaban J connectivity index is 2.09. The third-order valence-corrected chi connectivity index (χ3v) is 2.59. The first-order chi connectivity index (χ1) is 7.34. The van der Waals surface area contributed by atoms with Crippen LogP contribution in [0.4, 0.5) is 5.69 Å². The molecule has 0 saturated heterocycles. The predicted octanol–water partition coefficient (Wildman–Crippen LogP) is 1.48. The van der Waals surface area contributed by atoms with Gasteiger partial charge >= 0.3 is 0 Å². The van der Waals surface area contributed by atoms with Crippen molar-refractivity contribution in [2.24, 2.45) is 0 Å². The van der Waals surface area contributed by atoms with E-state index >= 15 is 0 Å². The smallest absolute Gasteiger partial charge is 0.0897 e. The molecule has 0 amide bonds. The van der Waals surface area contributed by atoms with E-state index in [4.69, 9.17) is 10.5 Å². The van der Waals surface area contributed by atoms with Crippen LogP contribution < -0.4 is 5.73 Å². The summed E-state index contributed by atoms with van der Waals surface area (Å²) in [5.41, 5.74) is 9.74. The lowest BCUT2D eigenvalue weighted by molar-refractivity contribution is 0.130. The Morgan fingerprint density at radius 3 is 2.80 bits per heavy atom. The van der Waals surface area contributed by atoms with Crippen LogP contribution in [0.1, 0.15) is 11.3 Å². The van der Waals surface area contributed by atoms with Crippen molar-refractivity contribution in [1.82, 2.24) is 9.78 Å². The molecular formula is C11H11N3O. The van der Waals surface area contributed by atoms with E-state index in [1.807, 2.05) is 35.1 Å². The van der Waals surface area contributed by atoms with Gasteiger partial charge in [0, 0.05) is 11.3 Å². The van der Waals surface area contributed by atoms with E-state index in [0.29, 0.717) is 13.2 Å². The van der Waals surface area contributed by atoms with Crippen molar-refractivity contribution >= 4 is 5.69 Å². The van der Waals surface area contributed by atoms with Gasteiger partial charge in [-0.2, -0.15) is 5.10 Å². The third kappa shape index (κ3) is 1.30. The number of anilines is 1. The number of hydrogen-bond acceptors (Lipinski definition) is 3. The SMILES string of the molecule is Nc1ccc(-n2ncc3c2COC3)cc1. The van der Waals surface area contributed by atoms with Gasteiger partial charge in [0.25, 0.3) is 0 Å². The van der Waals surface area contributed by atoms with Gasteiger partial charge in [0.05, 0.1) is 30.8 Å². The quantitative estimate of drug-likeness (QED) is 0.711. The summed E-state index contributed by atoms with van der Waals surface area (Å²) in [7, 11) is 0.